The van der Waals surface area contributed by atoms with Gasteiger partial charge in [0.25, 0.3) is 0 Å². The maximum Gasteiger partial charge on any atom is 0.353 e. The molecule has 0 radical (unpaired) electrons. The highest BCUT2D eigenvalue weighted by Gasteiger charge is 2.17. The molecule has 8 heteroatoms. The fraction of sp³-hybridized carbons (Fsp3) is 0.0455. The third-order valence-corrected chi connectivity index (χ3v) is 6.08. The van der Waals surface area contributed by atoms with E-state index in [9.17, 15) is 18.7 Å². The number of halogens is 2. The molecule has 0 saturated carbocycles. The summed E-state index contributed by atoms with van der Waals surface area (Å²) in [7, 11) is 0. The Kier molecular flexibility index (Phi) is 4.11. The summed E-state index contributed by atoms with van der Waals surface area (Å²) >= 11 is 1.25. The highest BCUT2D eigenvalue weighted by Crippen LogP contribution is 2.29. The van der Waals surface area contributed by atoms with Crippen molar-refractivity contribution in [2.75, 3.05) is 0 Å². The van der Waals surface area contributed by atoms with Gasteiger partial charge < -0.3 is 5.11 Å². The van der Waals surface area contributed by atoms with Gasteiger partial charge >= 0.3 is 5.69 Å². The first-order valence-corrected chi connectivity index (χ1v) is 9.82. The summed E-state index contributed by atoms with van der Waals surface area (Å²) in [6.07, 6.45) is 1.58. The van der Waals surface area contributed by atoms with E-state index in [2.05, 4.69) is 9.97 Å². The van der Waals surface area contributed by atoms with Crippen molar-refractivity contribution in [2.45, 2.75) is 6.92 Å². The second-order valence-corrected chi connectivity index (χ2v) is 7.76. The lowest BCUT2D eigenvalue weighted by Gasteiger charge is -2.11. The number of benzene rings is 2. The SMILES string of the molecule is CC(O)=c1sc2nccc3c2c1nc(=O)n3-c1cccc(-c2cccc(F)c2F)c1. The molecule has 0 aliphatic rings. The summed E-state index contributed by atoms with van der Waals surface area (Å²) in [4.78, 5) is 22.1. The second kappa shape index (κ2) is 6.70. The van der Waals surface area contributed by atoms with Crippen molar-refractivity contribution < 1.29 is 13.9 Å². The van der Waals surface area contributed by atoms with Crippen LogP contribution in [0.25, 0.3) is 43.8 Å². The zero-order valence-corrected chi connectivity index (χ0v) is 16.4. The van der Waals surface area contributed by atoms with Gasteiger partial charge in [-0.2, -0.15) is 4.98 Å². The molecular weight excluding hydrogens is 408 g/mol. The number of thiophene rings is 1. The predicted octanol–water partition coefficient (Wildman–Crippen LogP) is 4.35. The normalized spacial score (nSPS) is 12.6. The van der Waals surface area contributed by atoms with E-state index in [-0.39, 0.29) is 11.3 Å². The van der Waals surface area contributed by atoms with Gasteiger partial charge in [-0.1, -0.05) is 24.3 Å². The van der Waals surface area contributed by atoms with E-state index < -0.39 is 17.3 Å². The molecule has 0 saturated heterocycles. The zero-order valence-electron chi connectivity index (χ0n) is 15.6. The van der Waals surface area contributed by atoms with E-state index in [0.717, 1.165) is 6.07 Å². The van der Waals surface area contributed by atoms with Crippen LogP contribution in [0.3, 0.4) is 0 Å². The van der Waals surface area contributed by atoms with E-state index in [1.54, 1.807) is 36.5 Å². The Balaban J connectivity index is 1.83. The van der Waals surface area contributed by atoms with E-state index in [1.807, 2.05) is 0 Å². The molecule has 3 aromatic heterocycles. The topological polar surface area (TPSA) is 68.0 Å². The molecule has 5 rings (SSSR count). The van der Waals surface area contributed by atoms with Gasteiger partial charge in [-0.15, -0.1) is 11.3 Å². The minimum atomic E-state index is -0.950. The molecule has 0 spiro atoms. The lowest BCUT2D eigenvalue weighted by atomic mass is 10.0. The highest BCUT2D eigenvalue weighted by molar-refractivity contribution is 7.17. The standard InChI is InChI=1S/C22H13F2N3O2S/c1-11(28)20-19-17-16(8-9-25-21(17)30-20)27(22(29)26-19)13-5-2-4-12(10-13)14-6-3-7-15(23)18(14)24/h2-10,28H,1H3. The minimum Gasteiger partial charge on any atom is -0.511 e. The Bertz CT molecular complexity index is 1570. The molecular formula is C22H13F2N3O2S. The van der Waals surface area contributed by atoms with Gasteiger partial charge in [0.1, 0.15) is 16.1 Å². The Morgan fingerprint density at radius 3 is 2.73 bits per heavy atom. The van der Waals surface area contributed by atoms with Crippen LogP contribution < -0.4 is 10.2 Å². The molecule has 0 aliphatic heterocycles. The quantitative estimate of drug-likeness (QED) is 0.460. The molecule has 148 valence electrons. The first kappa shape index (κ1) is 18.4. The lowest BCUT2D eigenvalue weighted by Crippen LogP contribution is -2.23. The van der Waals surface area contributed by atoms with E-state index >= 15 is 0 Å². The van der Waals surface area contributed by atoms with Crippen molar-refractivity contribution in [3.63, 3.8) is 0 Å². The Morgan fingerprint density at radius 2 is 1.93 bits per heavy atom. The number of aliphatic hydroxyl groups is 1. The molecule has 0 amide bonds. The number of hydrogen-bond donors (Lipinski definition) is 1. The van der Waals surface area contributed by atoms with Crippen LogP contribution in [-0.2, 0) is 0 Å². The van der Waals surface area contributed by atoms with Crippen LogP contribution in [0.5, 0.6) is 0 Å². The summed E-state index contributed by atoms with van der Waals surface area (Å²) in [6, 6.07) is 12.3. The summed E-state index contributed by atoms with van der Waals surface area (Å²) in [6.45, 7) is 1.53. The molecule has 0 fully saturated rings. The van der Waals surface area contributed by atoms with Crippen LogP contribution in [0.4, 0.5) is 8.78 Å². The molecule has 0 unspecified atom stereocenters. The molecule has 1 N–H and O–H groups in total. The third-order valence-electron chi connectivity index (χ3n) is 4.88. The fourth-order valence-electron chi connectivity index (χ4n) is 3.57. The Morgan fingerprint density at radius 1 is 1.13 bits per heavy atom. The smallest absolute Gasteiger partial charge is 0.353 e. The van der Waals surface area contributed by atoms with Crippen LogP contribution >= 0.6 is 11.3 Å². The summed E-state index contributed by atoms with van der Waals surface area (Å²) in [5.74, 6) is -1.83. The number of rotatable bonds is 2. The molecule has 5 nitrogen and oxygen atoms in total. The van der Waals surface area contributed by atoms with E-state index in [4.69, 9.17) is 0 Å². The van der Waals surface area contributed by atoms with Crippen molar-refractivity contribution in [2.24, 2.45) is 0 Å². The average Bonchev–Trinajstić information content (AvgIpc) is 3.10. The van der Waals surface area contributed by atoms with Crippen molar-refractivity contribution in [1.29, 1.82) is 0 Å². The molecule has 2 aromatic carbocycles. The third kappa shape index (κ3) is 2.68. The van der Waals surface area contributed by atoms with Crippen LogP contribution in [0, 0.1) is 11.6 Å². The second-order valence-electron chi connectivity index (χ2n) is 6.76. The monoisotopic (exact) mass is 421 g/mol. The minimum absolute atomic E-state index is 0.0625. The average molecular weight is 421 g/mol. The molecule has 30 heavy (non-hydrogen) atoms. The van der Waals surface area contributed by atoms with Crippen molar-refractivity contribution in [3.8, 4) is 16.8 Å². The largest absolute Gasteiger partial charge is 0.511 e. The van der Waals surface area contributed by atoms with Gasteiger partial charge in [0.15, 0.2) is 11.6 Å². The number of aromatic nitrogens is 3. The van der Waals surface area contributed by atoms with Crippen LogP contribution in [0.1, 0.15) is 6.92 Å². The highest BCUT2D eigenvalue weighted by atomic mass is 32.1. The number of hydrogen-bond acceptors (Lipinski definition) is 5. The van der Waals surface area contributed by atoms with Gasteiger partial charge in [0, 0.05) is 11.8 Å². The van der Waals surface area contributed by atoms with Crippen LogP contribution in [0.15, 0.2) is 59.5 Å². The molecule has 0 aliphatic carbocycles. The first-order chi connectivity index (χ1) is 14.5. The van der Waals surface area contributed by atoms with E-state index in [1.165, 1.54) is 35.0 Å². The lowest BCUT2D eigenvalue weighted by molar-refractivity contribution is 0.501. The van der Waals surface area contributed by atoms with Gasteiger partial charge in [0.2, 0.25) is 0 Å². The first-order valence-electron chi connectivity index (χ1n) is 9.00. The predicted molar refractivity (Wildman–Crippen MR) is 113 cm³/mol. The molecule has 5 aromatic rings. The Labute approximate surface area is 172 Å². The fourth-order valence-corrected chi connectivity index (χ4v) is 4.57. The molecule has 0 bridgehead atoms. The van der Waals surface area contributed by atoms with Crippen LogP contribution in [0.2, 0.25) is 0 Å². The van der Waals surface area contributed by atoms with Gasteiger partial charge in [0.05, 0.1) is 21.1 Å². The summed E-state index contributed by atoms with van der Waals surface area (Å²) in [5, 5.41) is 10.6. The van der Waals surface area contributed by atoms with Gasteiger partial charge in [-0.05, 0) is 36.8 Å². The van der Waals surface area contributed by atoms with Crippen LogP contribution in [-0.4, -0.2) is 19.6 Å². The van der Waals surface area contributed by atoms with Crippen molar-refractivity contribution in [3.05, 3.63) is 81.4 Å². The number of pyridine rings is 1. The van der Waals surface area contributed by atoms with Crippen molar-refractivity contribution in [1.82, 2.24) is 14.5 Å². The number of nitrogens with zero attached hydrogens (tertiary/aromatic N) is 3. The zero-order chi connectivity index (χ0) is 21.0. The van der Waals surface area contributed by atoms with Crippen molar-refractivity contribution >= 4 is 38.3 Å². The Hall–Kier alpha value is -3.65. The maximum absolute atomic E-state index is 14.3. The van der Waals surface area contributed by atoms with E-state index in [0.29, 0.717) is 37.0 Å². The molecule has 3 heterocycles. The summed E-state index contributed by atoms with van der Waals surface area (Å²) < 4.78 is 29.9. The number of aliphatic hydroxyl groups excluding tert-OH is 1. The van der Waals surface area contributed by atoms with Gasteiger partial charge in [-0.25, -0.2) is 18.6 Å². The maximum atomic E-state index is 14.3. The summed E-state index contributed by atoms with van der Waals surface area (Å²) in [5.41, 5.74) is 1.40. The molecule has 0 atom stereocenters. The van der Waals surface area contributed by atoms with Gasteiger partial charge in [-0.3, -0.25) is 4.57 Å².